The molecule has 0 aliphatic carbocycles. The molecule has 7 heteroatoms. The predicted octanol–water partition coefficient (Wildman–Crippen LogP) is 9.65. The Hall–Kier alpha value is -4.30. The topological polar surface area (TPSA) is 74.2 Å². The second-order valence-electron chi connectivity index (χ2n) is 13.2. The number of hydrogen-bond acceptors (Lipinski definition) is 5. The molecule has 0 spiro atoms. The summed E-state index contributed by atoms with van der Waals surface area (Å²) in [7, 11) is 0. The van der Waals surface area contributed by atoms with Gasteiger partial charge in [0.1, 0.15) is 12.2 Å². The molecule has 51 heavy (non-hydrogen) atoms. The van der Waals surface area contributed by atoms with Gasteiger partial charge in [-0.15, -0.1) is 0 Å². The van der Waals surface area contributed by atoms with E-state index >= 15 is 0 Å². The van der Waals surface area contributed by atoms with Crippen LogP contribution in [0.5, 0.6) is 0 Å². The van der Waals surface area contributed by atoms with Crippen LogP contribution in [0.15, 0.2) is 127 Å². The molecule has 1 aliphatic heterocycles. The SMILES string of the molecule is CCc1ccc(Cc2cc(C3OC(COCc4ccccc4)C(C)C(OCc4ccccc4)C3OCc3ccccc3)c(C(=O)O)cc2Cl)cc1. The minimum atomic E-state index is -1.09. The molecular formula is C44H45ClO6. The van der Waals surface area contributed by atoms with Gasteiger partial charge in [-0.05, 0) is 57.9 Å². The van der Waals surface area contributed by atoms with E-state index < -0.39 is 30.4 Å². The summed E-state index contributed by atoms with van der Waals surface area (Å²) in [6.07, 6.45) is -0.833. The van der Waals surface area contributed by atoms with Gasteiger partial charge in [-0.3, -0.25) is 0 Å². The molecule has 1 N–H and O–H groups in total. The fraction of sp³-hybridized carbons (Fsp3) is 0.295. The zero-order chi connectivity index (χ0) is 35.6. The van der Waals surface area contributed by atoms with E-state index in [4.69, 9.17) is 30.5 Å². The predicted molar refractivity (Wildman–Crippen MR) is 200 cm³/mol. The molecular weight excluding hydrogens is 660 g/mol. The van der Waals surface area contributed by atoms with E-state index in [0.29, 0.717) is 36.8 Å². The van der Waals surface area contributed by atoms with E-state index in [9.17, 15) is 9.90 Å². The van der Waals surface area contributed by atoms with E-state index in [1.54, 1.807) is 6.07 Å². The van der Waals surface area contributed by atoms with E-state index in [1.807, 2.05) is 97.1 Å². The molecule has 6 nitrogen and oxygen atoms in total. The minimum Gasteiger partial charge on any atom is -0.478 e. The number of halogens is 1. The third kappa shape index (κ3) is 9.53. The second kappa shape index (κ2) is 17.8. The number of carboxylic acids is 1. The summed E-state index contributed by atoms with van der Waals surface area (Å²) in [5, 5.41) is 10.9. The van der Waals surface area contributed by atoms with E-state index in [0.717, 1.165) is 34.2 Å². The third-order valence-electron chi connectivity index (χ3n) is 9.59. The fourth-order valence-electron chi connectivity index (χ4n) is 6.65. The summed E-state index contributed by atoms with van der Waals surface area (Å²) < 4.78 is 26.7. The third-order valence-corrected chi connectivity index (χ3v) is 9.95. The Labute approximate surface area is 305 Å². The fourth-order valence-corrected chi connectivity index (χ4v) is 6.88. The van der Waals surface area contributed by atoms with Gasteiger partial charge < -0.3 is 24.1 Å². The lowest BCUT2D eigenvalue weighted by atomic mass is 9.83. The summed E-state index contributed by atoms with van der Waals surface area (Å²) in [4.78, 5) is 12.9. The average molecular weight is 705 g/mol. The number of hydrogen-bond donors (Lipinski definition) is 1. The lowest BCUT2D eigenvalue weighted by molar-refractivity contribution is -0.243. The maximum Gasteiger partial charge on any atom is 0.336 e. The lowest BCUT2D eigenvalue weighted by Crippen LogP contribution is -2.53. The first-order valence-electron chi connectivity index (χ1n) is 17.6. The quantitative estimate of drug-likeness (QED) is 0.117. The first kappa shape index (κ1) is 36.5. The van der Waals surface area contributed by atoms with Crippen molar-refractivity contribution in [3.8, 4) is 0 Å². The van der Waals surface area contributed by atoms with E-state index in [-0.39, 0.29) is 18.1 Å². The summed E-state index contributed by atoms with van der Waals surface area (Å²) in [6, 6.07) is 41.8. The monoisotopic (exact) mass is 704 g/mol. The normalized spacial score (nSPS) is 20.3. The van der Waals surface area contributed by atoms with E-state index in [2.05, 4.69) is 38.1 Å². The summed E-state index contributed by atoms with van der Waals surface area (Å²) in [6.45, 7) is 5.58. The molecule has 1 heterocycles. The van der Waals surface area contributed by atoms with Crippen molar-refractivity contribution in [3.05, 3.63) is 177 Å². The largest absolute Gasteiger partial charge is 0.478 e. The molecule has 1 saturated heterocycles. The van der Waals surface area contributed by atoms with Gasteiger partial charge in [-0.1, -0.05) is 147 Å². The number of aromatic carboxylic acids is 1. The second-order valence-corrected chi connectivity index (χ2v) is 13.6. The molecule has 5 atom stereocenters. The van der Waals surface area contributed by atoms with Crippen LogP contribution in [0, 0.1) is 5.92 Å². The zero-order valence-electron chi connectivity index (χ0n) is 29.1. The summed E-state index contributed by atoms with van der Waals surface area (Å²) >= 11 is 6.82. The maximum atomic E-state index is 12.9. The molecule has 0 saturated carbocycles. The highest BCUT2D eigenvalue weighted by atomic mass is 35.5. The Morgan fingerprint density at radius 1 is 0.706 bits per heavy atom. The average Bonchev–Trinajstić information content (AvgIpc) is 3.16. The highest BCUT2D eigenvalue weighted by molar-refractivity contribution is 6.31. The number of rotatable bonds is 15. The first-order chi connectivity index (χ1) is 24.9. The number of benzene rings is 5. The summed E-state index contributed by atoms with van der Waals surface area (Å²) in [5.74, 6) is -1.24. The molecule has 5 aromatic carbocycles. The molecule has 264 valence electrons. The maximum absolute atomic E-state index is 12.9. The number of ether oxygens (including phenoxy) is 4. The highest BCUT2D eigenvalue weighted by Gasteiger charge is 2.47. The van der Waals surface area contributed by atoms with Crippen molar-refractivity contribution < 1.29 is 28.8 Å². The van der Waals surface area contributed by atoms with Crippen molar-refractivity contribution in [3.63, 3.8) is 0 Å². The van der Waals surface area contributed by atoms with Crippen LogP contribution in [-0.4, -0.2) is 36.0 Å². The van der Waals surface area contributed by atoms with Crippen LogP contribution in [0.1, 0.15) is 69.3 Å². The van der Waals surface area contributed by atoms with Crippen molar-refractivity contribution in [1.29, 1.82) is 0 Å². The van der Waals surface area contributed by atoms with E-state index in [1.165, 1.54) is 5.56 Å². The van der Waals surface area contributed by atoms with Crippen LogP contribution in [0.2, 0.25) is 5.02 Å². The standard InChI is InChI=1S/C44H45ClO6/c1-3-31-19-21-32(22-20-31)23-36-24-37(38(44(46)47)25-39(36)45)42-43(50-28-35-17-11-6-12-18-35)41(49-27-34-15-9-5-10-16-34)30(2)40(51-42)29-48-26-33-13-7-4-8-14-33/h4-22,24-25,30,40-43H,3,23,26-29H2,1-2H3,(H,46,47). The Morgan fingerprint density at radius 3 is 1.78 bits per heavy atom. The van der Waals surface area contributed by atoms with Gasteiger partial charge in [0.25, 0.3) is 0 Å². The van der Waals surface area contributed by atoms with Crippen LogP contribution < -0.4 is 0 Å². The van der Waals surface area contributed by atoms with Crippen molar-refractivity contribution in [1.82, 2.24) is 0 Å². The van der Waals surface area contributed by atoms with Gasteiger partial charge in [-0.25, -0.2) is 4.79 Å². The Morgan fingerprint density at radius 2 is 1.24 bits per heavy atom. The number of carbonyl (C=O) groups is 1. The molecule has 0 amide bonds. The zero-order valence-corrected chi connectivity index (χ0v) is 29.9. The van der Waals surface area contributed by atoms with Crippen molar-refractivity contribution in [2.24, 2.45) is 5.92 Å². The molecule has 1 aliphatic rings. The van der Waals surface area contributed by atoms with Crippen LogP contribution in [0.4, 0.5) is 0 Å². The van der Waals surface area contributed by atoms with Gasteiger partial charge >= 0.3 is 5.97 Å². The molecule has 6 rings (SSSR count). The van der Waals surface area contributed by atoms with Crippen molar-refractivity contribution >= 4 is 17.6 Å². The minimum absolute atomic E-state index is 0.0729. The molecule has 1 fully saturated rings. The smallest absolute Gasteiger partial charge is 0.336 e. The molecule has 5 aromatic rings. The van der Waals surface area contributed by atoms with Gasteiger partial charge in [0.05, 0.1) is 44.2 Å². The Kier molecular flexibility index (Phi) is 12.7. The Balaban J connectivity index is 1.38. The summed E-state index contributed by atoms with van der Waals surface area (Å²) in [5.41, 5.74) is 6.78. The molecule has 5 unspecified atom stereocenters. The van der Waals surface area contributed by atoms with Crippen molar-refractivity contribution in [2.45, 2.75) is 70.9 Å². The lowest BCUT2D eigenvalue weighted by Gasteiger charge is -2.46. The first-order valence-corrected chi connectivity index (χ1v) is 18.0. The number of carboxylic acid groups (broad SMARTS) is 1. The molecule has 0 aromatic heterocycles. The highest BCUT2D eigenvalue weighted by Crippen LogP contribution is 2.42. The van der Waals surface area contributed by atoms with Gasteiger partial charge in [0, 0.05) is 10.9 Å². The van der Waals surface area contributed by atoms with Gasteiger partial charge in [0.2, 0.25) is 0 Å². The Bertz CT molecular complexity index is 1830. The van der Waals surface area contributed by atoms with Crippen LogP contribution in [-0.2, 0) is 51.6 Å². The number of aryl methyl sites for hydroxylation is 1. The van der Waals surface area contributed by atoms with Crippen molar-refractivity contribution in [2.75, 3.05) is 6.61 Å². The van der Waals surface area contributed by atoms with Crippen LogP contribution >= 0.6 is 11.6 Å². The van der Waals surface area contributed by atoms with Crippen LogP contribution in [0.25, 0.3) is 0 Å². The van der Waals surface area contributed by atoms with Gasteiger partial charge in [0.15, 0.2) is 0 Å². The molecule has 0 radical (unpaired) electrons. The van der Waals surface area contributed by atoms with Crippen LogP contribution in [0.3, 0.4) is 0 Å². The van der Waals surface area contributed by atoms with Gasteiger partial charge in [-0.2, -0.15) is 0 Å². The molecule has 0 bridgehead atoms.